The highest BCUT2D eigenvalue weighted by atomic mass is 79.9. The smallest absolute Gasteiger partial charge is 0.354 e. The van der Waals surface area contributed by atoms with Gasteiger partial charge in [-0.15, -0.1) is 0 Å². The van der Waals surface area contributed by atoms with E-state index in [-0.39, 0.29) is 10.4 Å². The van der Waals surface area contributed by atoms with E-state index in [9.17, 15) is 14.1 Å². The highest BCUT2D eigenvalue weighted by Gasteiger charge is 2.33. The summed E-state index contributed by atoms with van der Waals surface area (Å²) in [6.07, 6.45) is 0. The molecule has 0 radical (unpaired) electrons. The van der Waals surface area contributed by atoms with Gasteiger partial charge in [-0.1, -0.05) is 28.1 Å². The Morgan fingerprint density at radius 2 is 2.00 bits per heavy atom. The van der Waals surface area contributed by atoms with Crippen LogP contribution in [-0.2, 0) is 24.1 Å². The molecule has 1 aliphatic rings. The van der Waals surface area contributed by atoms with Crippen LogP contribution in [0.3, 0.4) is 0 Å². The number of carboxylic acids is 1. The van der Waals surface area contributed by atoms with Gasteiger partial charge in [0.25, 0.3) is 0 Å². The number of aromatic nitrogens is 1. The van der Waals surface area contributed by atoms with Crippen LogP contribution >= 0.6 is 15.9 Å². The zero-order valence-corrected chi connectivity index (χ0v) is 16.6. The highest BCUT2D eigenvalue weighted by molar-refractivity contribution is 9.10. The van der Waals surface area contributed by atoms with E-state index in [1.54, 1.807) is 6.07 Å². The van der Waals surface area contributed by atoms with Gasteiger partial charge in [0.05, 0.1) is 10.4 Å². The summed E-state index contributed by atoms with van der Waals surface area (Å²) in [7, 11) is -1.18. The Morgan fingerprint density at radius 1 is 1.28 bits per heavy atom. The molecule has 1 unspecified atom stereocenters. The molecule has 25 heavy (non-hydrogen) atoms. The van der Waals surface area contributed by atoms with E-state index in [1.165, 1.54) is 0 Å². The lowest BCUT2D eigenvalue weighted by atomic mass is 10.0. The van der Waals surface area contributed by atoms with Crippen molar-refractivity contribution in [1.29, 1.82) is 0 Å². The predicted octanol–water partition coefficient (Wildman–Crippen LogP) is 3.99. The van der Waals surface area contributed by atoms with E-state index in [2.05, 4.69) is 20.9 Å². The molecular formula is C18H19BrN2O3S. The summed E-state index contributed by atoms with van der Waals surface area (Å²) in [5.74, 6) is -1.06. The van der Waals surface area contributed by atoms with Gasteiger partial charge < -0.3 is 5.11 Å². The number of carbonyl (C=O) groups is 1. The second kappa shape index (κ2) is 6.63. The number of halogens is 1. The van der Waals surface area contributed by atoms with Crippen molar-refractivity contribution in [2.45, 2.75) is 38.6 Å². The molecule has 2 aromatic rings. The van der Waals surface area contributed by atoms with Crippen molar-refractivity contribution in [3.8, 4) is 11.3 Å². The molecule has 132 valence electrons. The zero-order chi connectivity index (χ0) is 18.4. The summed E-state index contributed by atoms with van der Waals surface area (Å²) in [5.41, 5.74) is 3.32. The first-order chi connectivity index (χ1) is 11.7. The zero-order valence-electron chi connectivity index (χ0n) is 14.2. The molecule has 0 amide bonds. The topological polar surface area (TPSA) is 70.5 Å². The summed E-state index contributed by atoms with van der Waals surface area (Å²) in [6, 6.07) is 9.21. The molecule has 1 aromatic carbocycles. The Morgan fingerprint density at radius 3 is 2.60 bits per heavy atom. The largest absolute Gasteiger partial charge is 0.477 e. The summed E-state index contributed by atoms with van der Waals surface area (Å²) in [5, 5.41) is 9.40. The van der Waals surface area contributed by atoms with Gasteiger partial charge in [-0.25, -0.2) is 18.3 Å². The van der Waals surface area contributed by atoms with E-state index < -0.39 is 17.0 Å². The molecule has 0 saturated carbocycles. The third-order valence-electron chi connectivity index (χ3n) is 3.97. The van der Waals surface area contributed by atoms with Crippen LogP contribution in [0.2, 0.25) is 0 Å². The van der Waals surface area contributed by atoms with Gasteiger partial charge in [0.1, 0.15) is 16.7 Å². The van der Waals surface area contributed by atoms with Gasteiger partial charge in [0, 0.05) is 23.1 Å². The fraction of sp³-hybridized carbons (Fsp3) is 0.333. The lowest BCUT2D eigenvalue weighted by Gasteiger charge is -2.24. The maximum absolute atomic E-state index is 12.7. The normalized spacial score (nSPS) is 15.8. The van der Waals surface area contributed by atoms with Crippen LogP contribution in [0.15, 0.2) is 34.8 Å². The van der Waals surface area contributed by atoms with Crippen molar-refractivity contribution in [1.82, 2.24) is 9.29 Å². The van der Waals surface area contributed by atoms with Gasteiger partial charge in [-0.2, -0.15) is 0 Å². The third kappa shape index (κ3) is 3.68. The molecule has 1 aromatic heterocycles. The number of pyridine rings is 1. The minimum atomic E-state index is -1.18. The molecule has 1 atom stereocenters. The van der Waals surface area contributed by atoms with Crippen LogP contribution < -0.4 is 0 Å². The third-order valence-corrected chi connectivity index (χ3v) is 6.24. The summed E-state index contributed by atoms with van der Waals surface area (Å²) in [6.45, 7) is 6.75. The summed E-state index contributed by atoms with van der Waals surface area (Å²) >= 11 is 3.45. The van der Waals surface area contributed by atoms with E-state index in [1.807, 2.05) is 49.3 Å². The Balaban J connectivity index is 2.10. The maximum Gasteiger partial charge on any atom is 0.354 e. The van der Waals surface area contributed by atoms with Crippen molar-refractivity contribution >= 4 is 32.9 Å². The molecule has 2 heterocycles. The summed E-state index contributed by atoms with van der Waals surface area (Å²) < 4.78 is 15.1. The minimum absolute atomic E-state index is 0.0112. The maximum atomic E-state index is 12.7. The summed E-state index contributed by atoms with van der Waals surface area (Å²) in [4.78, 5) is 15.8. The molecule has 0 bridgehead atoms. The SMILES string of the molecule is CC(C)(C)S(=O)N1Cc2cc(C(=O)O)nc(-c3cccc(Br)c3)c2C1. The predicted molar refractivity (Wildman–Crippen MR) is 101 cm³/mol. The second-order valence-corrected chi connectivity index (χ2v) is 10.1. The lowest BCUT2D eigenvalue weighted by molar-refractivity contribution is 0.0690. The first-order valence-corrected chi connectivity index (χ1v) is 9.76. The van der Waals surface area contributed by atoms with Crippen molar-refractivity contribution in [3.05, 3.63) is 51.6 Å². The number of hydrogen-bond donors (Lipinski definition) is 1. The van der Waals surface area contributed by atoms with Crippen molar-refractivity contribution in [2.75, 3.05) is 0 Å². The Labute approximate surface area is 157 Å². The molecule has 0 saturated heterocycles. The first kappa shape index (κ1) is 18.2. The number of carboxylic acid groups (broad SMARTS) is 1. The Bertz CT molecular complexity index is 877. The van der Waals surface area contributed by atoms with Crippen LogP contribution in [0.4, 0.5) is 0 Å². The quantitative estimate of drug-likeness (QED) is 0.811. The molecule has 0 spiro atoms. The van der Waals surface area contributed by atoms with Crippen molar-refractivity contribution in [3.63, 3.8) is 0 Å². The lowest BCUT2D eigenvalue weighted by Crippen LogP contribution is -2.34. The number of benzene rings is 1. The second-order valence-electron chi connectivity index (χ2n) is 6.97. The van der Waals surface area contributed by atoms with E-state index in [0.29, 0.717) is 18.8 Å². The van der Waals surface area contributed by atoms with Crippen LogP contribution in [-0.4, -0.2) is 29.3 Å². The molecule has 0 fully saturated rings. The monoisotopic (exact) mass is 422 g/mol. The van der Waals surface area contributed by atoms with Crippen LogP contribution in [0.25, 0.3) is 11.3 Å². The Kier molecular flexibility index (Phi) is 4.83. The first-order valence-electron chi connectivity index (χ1n) is 7.86. The van der Waals surface area contributed by atoms with Gasteiger partial charge in [-0.05, 0) is 50.1 Å². The van der Waals surface area contributed by atoms with Crippen molar-refractivity contribution in [2.24, 2.45) is 0 Å². The molecule has 1 aliphatic heterocycles. The van der Waals surface area contributed by atoms with Crippen LogP contribution in [0, 0.1) is 0 Å². The number of hydrogen-bond acceptors (Lipinski definition) is 3. The molecular weight excluding hydrogens is 404 g/mol. The fourth-order valence-corrected chi connectivity index (χ4v) is 4.53. The van der Waals surface area contributed by atoms with E-state index in [4.69, 9.17) is 0 Å². The minimum Gasteiger partial charge on any atom is -0.477 e. The molecule has 0 aliphatic carbocycles. The van der Waals surface area contributed by atoms with E-state index >= 15 is 0 Å². The molecule has 5 nitrogen and oxygen atoms in total. The number of rotatable bonds is 3. The number of nitrogens with zero attached hydrogens (tertiary/aromatic N) is 2. The fourth-order valence-electron chi connectivity index (χ4n) is 2.85. The Hall–Kier alpha value is -1.57. The average molecular weight is 423 g/mol. The van der Waals surface area contributed by atoms with Crippen LogP contribution in [0.1, 0.15) is 42.4 Å². The van der Waals surface area contributed by atoms with E-state index in [0.717, 1.165) is 21.2 Å². The molecule has 1 N–H and O–H groups in total. The van der Waals surface area contributed by atoms with Gasteiger partial charge >= 0.3 is 5.97 Å². The number of aromatic carboxylic acids is 1. The standard InChI is InChI=1S/C18H19BrN2O3S/c1-18(2,3)25(24)21-9-12-8-15(17(22)23)20-16(14(12)10-21)11-5-4-6-13(19)7-11/h4-8H,9-10H2,1-3H3,(H,22,23). The highest BCUT2D eigenvalue weighted by Crippen LogP contribution is 2.35. The molecule has 7 heteroatoms. The van der Waals surface area contributed by atoms with Gasteiger partial charge in [0.15, 0.2) is 0 Å². The average Bonchev–Trinajstić information content (AvgIpc) is 2.95. The van der Waals surface area contributed by atoms with Gasteiger partial charge in [0.2, 0.25) is 0 Å². The molecule has 3 rings (SSSR count). The van der Waals surface area contributed by atoms with Crippen molar-refractivity contribution < 1.29 is 14.1 Å². The van der Waals surface area contributed by atoms with Crippen LogP contribution in [0.5, 0.6) is 0 Å². The van der Waals surface area contributed by atoms with Gasteiger partial charge in [-0.3, -0.25) is 0 Å². The number of fused-ring (bicyclic) bond motifs is 1.